The molecular formula is C31H34N2O5S. The molecule has 4 rings (SSSR count). The van der Waals surface area contributed by atoms with Gasteiger partial charge in [-0.2, -0.15) is 0 Å². The number of thiazole rings is 1. The molecule has 0 saturated heterocycles. The standard InChI is InChI=1S/C31H34N2O5S/c1-5-33(6-2)24-9-7-8-23(10-13-24)27-20-39-30(32-27)18-37-29-16-21(3)28(38-19-31(34)35)17-26(29)22-11-14-25(36-4)15-12-22/h7,9-17,20H,5-6,8,18-19H2,1-4H3,(H,34,35). The van der Waals surface area contributed by atoms with Crippen molar-refractivity contribution in [2.75, 3.05) is 26.8 Å². The number of ether oxygens (including phenoxy) is 3. The third-order valence-corrected chi connectivity index (χ3v) is 7.29. The number of rotatable bonds is 12. The van der Waals surface area contributed by atoms with Crippen LogP contribution in [0.5, 0.6) is 17.2 Å². The molecule has 1 aliphatic carbocycles. The van der Waals surface area contributed by atoms with Crippen molar-refractivity contribution in [1.29, 1.82) is 0 Å². The SMILES string of the molecule is CCN(CC)C1=CC=C(c2csc(COc3cc(C)c(OCC(=O)O)cc3-c3ccc(OC)cc3)n2)CC=C1. The lowest BCUT2D eigenvalue weighted by Crippen LogP contribution is -2.20. The molecule has 1 aliphatic rings. The number of nitrogens with zero attached hydrogens (tertiary/aromatic N) is 2. The second-order valence-electron chi connectivity index (χ2n) is 9.00. The lowest BCUT2D eigenvalue weighted by molar-refractivity contribution is -0.139. The number of benzene rings is 2. The first-order chi connectivity index (χ1) is 18.9. The molecule has 2 aromatic carbocycles. The van der Waals surface area contributed by atoms with Crippen molar-refractivity contribution < 1.29 is 24.1 Å². The summed E-state index contributed by atoms with van der Waals surface area (Å²) in [6.07, 6.45) is 9.52. The average molecular weight is 547 g/mol. The van der Waals surface area contributed by atoms with Gasteiger partial charge in [-0.1, -0.05) is 24.3 Å². The number of aliphatic carboxylic acids is 1. The molecule has 8 heteroatoms. The fourth-order valence-electron chi connectivity index (χ4n) is 4.34. The Morgan fingerprint density at radius 1 is 1.08 bits per heavy atom. The first kappa shape index (κ1) is 28.0. The molecule has 3 aromatic rings. The molecule has 0 bridgehead atoms. The summed E-state index contributed by atoms with van der Waals surface area (Å²) in [4.78, 5) is 18.2. The predicted octanol–water partition coefficient (Wildman–Crippen LogP) is 6.74. The highest BCUT2D eigenvalue weighted by atomic mass is 32.1. The van der Waals surface area contributed by atoms with Crippen LogP contribution in [0.15, 0.2) is 71.8 Å². The molecule has 0 aliphatic heterocycles. The van der Waals surface area contributed by atoms with Gasteiger partial charge in [0.25, 0.3) is 0 Å². The van der Waals surface area contributed by atoms with Gasteiger partial charge >= 0.3 is 5.97 Å². The normalized spacial score (nSPS) is 12.8. The summed E-state index contributed by atoms with van der Waals surface area (Å²) >= 11 is 1.57. The maximum Gasteiger partial charge on any atom is 0.341 e. The van der Waals surface area contributed by atoms with Gasteiger partial charge in [0.15, 0.2) is 6.61 Å². The Kier molecular flexibility index (Phi) is 9.44. The fraction of sp³-hybridized carbons (Fsp3) is 0.290. The molecule has 39 heavy (non-hydrogen) atoms. The molecule has 0 fully saturated rings. The number of carbonyl (C=O) groups is 1. The van der Waals surface area contributed by atoms with Gasteiger partial charge in [-0.05, 0) is 80.3 Å². The van der Waals surface area contributed by atoms with Crippen LogP contribution in [0.1, 0.15) is 36.5 Å². The van der Waals surface area contributed by atoms with Crippen LogP contribution < -0.4 is 14.2 Å². The van der Waals surface area contributed by atoms with E-state index in [4.69, 9.17) is 24.3 Å². The zero-order valence-electron chi connectivity index (χ0n) is 22.8. The molecule has 1 N–H and O–H groups in total. The number of likely N-dealkylation sites (N-methyl/N-ethyl adjacent to an activating group) is 1. The first-order valence-electron chi connectivity index (χ1n) is 12.9. The topological polar surface area (TPSA) is 81.1 Å². The maximum atomic E-state index is 11.1. The fourth-order valence-corrected chi connectivity index (χ4v) is 5.07. The maximum absolute atomic E-state index is 11.1. The van der Waals surface area contributed by atoms with Crippen LogP contribution in [0.3, 0.4) is 0 Å². The number of carboxylic acids is 1. The molecule has 1 aromatic heterocycles. The monoisotopic (exact) mass is 546 g/mol. The van der Waals surface area contributed by atoms with Crippen LogP contribution in [-0.4, -0.2) is 47.8 Å². The van der Waals surface area contributed by atoms with E-state index in [0.717, 1.165) is 52.7 Å². The molecule has 1 heterocycles. The first-order valence-corrected chi connectivity index (χ1v) is 13.8. The van der Waals surface area contributed by atoms with Crippen molar-refractivity contribution in [3.63, 3.8) is 0 Å². The Morgan fingerprint density at radius 2 is 1.85 bits per heavy atom. The van der Waals surface area contributed by atoms with Crippen LogP contribution in [0.25, 0.3) is 16.7 Å². The molecule has 7 nitrogen and oxygen atoms in total. The number of carboxylic acid groups (broad SMARTS) is 1. The van der Waals surface area contributed by atoms with Gasteiger partial charge in [0.05, 0.1) is 12.8 Å². The molecular weight excluding hydrogens is 512 g/mol. The minimum Gasteiger partial charge on any atom is -0.497 e. The second-order valence-corrected chi connectivity index (χ2v) is 9.94. The Hall–Kier alpha value is -4.04. The molecule has 0 unspecified atom stereocenters. The zero-order chi connectivity index (χ0) is 27.8. The molecule has 0 atom stereocenters. The number of hydrogen-bond donors (Lipinski definition) is 1. The van der Waals surface area contributed by atoms with Gasteiger partial charge in [0.2, 0.25) is 0 Å². The van der Waals surface area contributed by atoms with E-state index in [-0.39, 0.29) is 0 Å². The Bertz CT molecular complexity index is 1380. The number of allylic oxidation sites excluding steroid dienone is 5. The van der Waals surface area contributed by atoms with Crippen molar-refractivity contribution in [2.45, 2.75) is 33.8 Å². The summed E-state index contributed by atoms with van der Waals surface area (Å²) in [5.74, 6) is 0.880. The van der Waals surface area contributed by atoms with Crippen LogP contribution in [0.2, 0.25) is 0 Å². The number of aromatic nitrogens is 1. The lowest BCUT2D eigenvalue weighted by Gasteiger charge is -2.21. The third-order valence-electron chi connectivity index (χ3n) is 6.47. The second kappa shape index (κ2) is 13.2. The minimum atomic E-state index is -1.03. The summed E-state index contributed by atoms with van der Waals surface area (Å²) in [5, 5.41) is 12.0. The van der Waals surface area contributed by atoms with Crippen LogP contribution in [0.4, 0.5) is 0 Å². The highest BCUT2D eigenvalue weighted by Gasteiger charge is 2.15. The number of hydrogen-bond acceptors (Lipinski definition) is 7. The Morgan fingerprint density at radius 3 is 2.54 bits per heavy atom. The van der Waals surface area contributed by atoms with Crippen molar-refractivity contribution in [3.05, 3.63) is 88.0 Å². The van der Waals surface area contributed by atoms with Crippen molar-refractivity contribution >= 4 is 22.9 Å². The summed E-state index contributed by atoms with van der Waals surface area (Å²) in [7, 11) is 1.62. The predicted molar refractivity (Wildman–Crippen MR) is 155 cm³/mol. The van der Waals surface area contributed by atoms with E-state index < -0.39 is 12.6 Å². The van der Waals surface area contributed by atoms with Gasteiger partial charge in [0, 0.05) is 29.7 Å². The summed E-state index contributed by atoms with van der Waals surface area (Å²) in [6.45, 7) is 8.04. The summed E-state index contributed by atoms with van der Waals surface area (Å²) in [5.41, 5.74) is 5.83. The van der Waals surface area contributed by atoms with Crippen LogP contribution >= 0.6 is 11.3 Å². The summed E-state index contributed by atoms with van der Waals surface area (Å²) in [6, 6.07) is 11.3. The lowest BCUT2D eigenvalue weighted by atomic mass is 10.0. The molecule has 0 radical (unpaired) electrons. The van der Waals surface area contributed by atoms with E-state index in [0.29, 0.717) is 18.1 Å². The van der Waals surface area contributed by atoms with E-state index in [1.165, 1.54) is 11.3 Å². The van der Waals surface area contributed by atoms with E-state index in [1.807, 2.05) is 43.3 Å². The highest BCUT2D eigenvalue weighted by Crippen LogP contribution is 2.37. The van der Waals surface area contributed by atoms with E-state index in [1.54, 1.807) is 18.4 Å². The van der Waals surface area contributed by atoms with Gasteiger partial charge in [-0.25, -0.2) is 9.78 Å². The van der Waals surface area contributed by atoms with E-state index in [2.05, 4.69) is 48.4 Å². The molecule has 0 saturated carbocycles. The minimum absolute atomic E-state index is 0.312. The van der Waals surface area contributed by atoms with Gasteiger partial charge in [-0.3, -0.25) is 0 Å². The Balaban J connectivity index is 1.55. The molecule has 0 spiro atoms. The van der Waals surface area contributed by atoms with E-state index >= 15 is 0 Å². The highest BCUT2D eigenvalue weighted by molar-refractivity contribution is 7.09. The smallest absolute Gasteiger partial charge is 0.341 e. The summed E-state index contributed by atoms with van der Waals surface area (Å²) < 4.78 is 17.1. The van der Waals surface area contributed by atoms with Crippen molar-refractivity contribution in [2.24, 2.45) is 0 Å². The largest absolute Gasteiger partial charge is 0.497 e. The van der Waals surface area contributed by atoms with E-state index in [9.17, 15) is 4.79 Å². The Labute approximate surface area is 233 Å². The number of aryl methyl sites for hydroxylation is 1. The average Bonchev–Trinajstić information content (AvgIpc) is 3.29. The van der Waals surface area contributed by atoms with Crippen molar-refractivity contribution in [3.8, 4) is 28.4 Å². The molecule has 0 amide bonds. The van der Waals surface area contributed by atoms with Crippen LogP contribution in [0, 0.1) is 6.92 Å². The third kappa shape index (κ3) is 7.09. The van der Waals surface area contributed by atoms with Crippen molar-refractivity contribution in [1.82, 2.24) is 9.88 Å². The van der Waals surface area contributed by atoms with Gasteiger partial charge in [0.1, 0.15) is 28.9 Å². The number of methoxy groups -OCH3 is 1. The van der Waals surface area contributed by atoms with Gasteiger partial charge in [-0.15, -0.1) is 11.3 Å². The molecule has 204 valence electrons. The van der Waals surface area contributed by atoms with Crippen LogP contribution in [-0.2, 0) is 11.4 Å². The zero-order valence-corrected chi connectivity index (χ0v) is 23.6. The quantitative estimate of drug-likeness (QED) is 0.269. The van der Waals surface area contributed by atoms with Gasteiger partial charge < -0.3 is 24.2 Å².